The Bertz CT molecular complexity index is 662. The molecule has 2 rings (SSSR count). The zero-order valence-corrected chi connectivity index (χ0v) is 14.1. The zero-order valence-electron chi connectivity index (χ0n) is 14.1. The van der Waals surface area contributed by atoms with Crippen molar-refractivity contribution in [2.24, 2.45) is 0 Å². The molecule has 0 radical (unpaired) electrons. The maximum absolute atomic E-state index is 11.8. The highest BCUT2D eigenvalue weighted by atomic mass is 16.5. The Labute approximate surface area is 147 Å². The standard InChI is InChI=1S/C19H22N2O4/c1-24-17(16-10-6-3-7-11-16)12-20-18(22)13-21-19(23)25-14-15-8-4-2-5-9-15/h2-11,17H,12-14H2,1H3,(H,20,22)(H,21,23). The quantitative estimate of drug-likeness (QED) is 0.772. The van der Waals surface area contributed by atoms with E-state index in [1.165, 1.54) is 0 Å². The summed E-state index contributed by atoms with van der Waals surface area (Å²) in [7, 11) is 1.59. The highest BCUT2D eigenvalue weighted by Crippen LogP contribution is 2.14. The van der Waals surface area contributed by atoms with Crippen LogP contribution in [0.1, 0.15) is 17.2 Å². The number of rotatable bonds is 8. The predicted molar refractivity (Wildman–Crippen MR) is 93.8 cm³/mol. The van der Waals surface area contributed by atoms with Crippen molar-refractivity contribution in [3.63, 3.8) is 0 Å². The molecule has 132 valence electrons. The smallest absolute Gasteiger partial charge is 0.407 e. The third-order valence-electron chi connectivity index (χ3n) is 3.55. The maximum Gasteiger partial charge on any atom is 0.407 e. The summed E-state index contributed by atoms with van der Waals surface area (Å²) in [5, 5.41) is 5.15. The van der Waals surface area contributed by atoms with Gasteiger partial charge in [-0.25, -0.2) is 4.79 Å². The van der Waals surface area contributed by atoms with E-state index in [-0.39, 0.29) is 25.2 Å². The van der Waals surface area contributed by atoms with Crippen LogP contribution in [0.15, 0.2) is 60.7 Å². The van der Waals surface area contributed by atoms with Crippen molar-refractivity contribution in [2.75, 3.05) is 20.2 Å². The first kappa shape index (κ1) is 18.5. The summed E-state index contributed by atoms with van der Waals surface area (Å²) in [5.74, 6) is -0.311. The minimum atomic E-state index is -0.634. The molecule has 1 unspecified atom stereocenters. The van der Waals surface area contributed by atoms with Crippen LogP contribution in [0.4, 0.5) is 4.79 Å². The predicted octanol–water partition coefficient (Wildman–Crippen LogP) is 2.42. The number of hydrogen-bond donors (Lipinski definition) is 2. The summed E-state index contributed by atoms with van der Waals surface area (Å²) in [5.41, 5.74) is 1.86. The van der Waals surface area contributed by atoms with E-state index in [0.29, 0.717) is 6.54 Å². The SMILES string of the molecule is COC(CNC(=O)CNC(=O)OCc1ccccc1)c1ccccc1. The number of alkyl carbamates (subject to hydrolysis) is 1. The molecule has 2 aromatic rings. The lowest BCUT2D eigenvalue weighted by Crippen LogP contribution is -2.38. The lowest BCUT2D eigenvalue weighted by atomic mass is 10.1. The highest BCUT2D eigenvalue weighted by molar-refractivity contribution is 5.82. The summed E-state index contributed by atoms with van der Waals surface area (Å²) < 4.78 is 10.4. The van der Waals surface area contributed by atoms with E-state index < -0.39 is 6.09 Å². The number of carbonyl (C=O) groups is 2. The van der Waals surface area contributed by atoms with Crippen LogP contribution in [0.3, 0.4) is 0 Å². The Morgan fingerprint density at radius 1 is 0.960 bits per heavy atom. The molecule has 0 bridgehead atoms. The lowest BCUT2D eigenvalue weighted by molar-refractivity contribution is -0.120. The van der Waals surface area contributed by atoms with Crippen LogP contribution in [-0.4, -0.2) is 32.2 Å². The average Bonchev–Trinajstić information content (AvgIpc) is 2.67. The first-order valence-corrected chi connectivity index (χ1v) is 7.98. The third-order valence-corrected chi connectivity index (χ3v) is 3.55. The molecule has 0 aliphatic heterocycles. The second kappa shape index (κ2) is 10.1. The molecule has 1 atom stereocenters. The van der Waals surface area contributed by atoms with Crippen LogP contribution < -0.4 is 10.6 Å². The molecule has 6 nitrogen and oxygen atoms in total. The van der Waals surface area contributed by atoms with Gasteiger partial charge >= 0.3 is 6.09 Å². The largest absolute Gasteiger partial charge is 0.445 e. The minimum Gasteiger partial charge on any atom is -0.445 e. The number of methoxy groups -OCH3 is 1. The molecule has 0 saturated carbocycles. The van der Waals surface area contributed by atoms with Gasteiger partial charge in [-0.1, -0.05) is 60.7 Å². The van der Waals surface area contributed by atoms with Gasteiger partial charge < -0.3 is 20.1 Å². The average molecular weight is 342 g/mol. The Hall–Kier alpha value is -2.86. The van der Waals surface area contributed by atoms with Crippen molar-refractivity contribution in [1.82, 2.24) is 10.6 Å². The van der Waals surface area contributed by atoms with Crippen molar-refractivity contribution in [3.8, 4) is 0 Å². The highest BCUT2D eigenvalue weighted by Gasteiger charge is 2.12. The van der Waals surface area contributed by atoms with Gasteiger partial charge in [0.1, 0.15) is 6.61 Å². The van der Waals surface area contributed by atoms with E-state index in [0.717, 1.165) is 11.1 Å². The van der Waals surface area contributed by atoms with Crippen LogP contribution in [0, 0.1) is 0 Å². The van der Waals surface area contributed by atoms with Crippen LogP contribution in [-0.2, 0) is 20.9 Å². The van der Waals surface area contributed by atoms with Crippen molar-refractivity contribution in [3.05, 3.63) is 71.8 Å². The van der Waals surface area contributed by atoms with E-state index in [9.17, 15) is 9.59 Å². The molecule has 0 aromatic heterocycles. The summed E-state index contributed by atoms with van der Waals surface area (Å²) in [6, 6.07) is 18.9. The van der Waals surface area contributed by atoms with E-state index in [1.54, 1.807) is 7.11 Å². The van der Waals surface area contributed by atoms with Crippen LogP contribution in [0.5, 0.6) is 0 Å². The van der Waals surface area contributed by atoms with Gasteiger partial charge in [0.05, 0.1) is 12.6 Å². The fourth-order valence-corrected chi connectivity index (χ4v) is 2.20. The van der Waals surface area contributed by atoms with Gasteiger partial charge in [0.25, 0.3) is 0 Å². The van der Waals surface area contributed by atoms with Crippen molar-refractivity contribution in [2.45, 2.75) is 12.7 Å². The Balaban J connectivity index is 1.67. The summed E-state index contributed by atoms with van der Waals surface area (Å²) in [6.45, 7) is 0.326. The molecule has 25 heavy (non-hydrogen) atoms. The summed E-state index contributed by atoms with van der Waals surface area (Å²) in [4.78, 5) is 23.4. The topological polar surface area (TPSA) is 76.7 Å². The Morgan fingerprint density at radius 3 is 2.24 bits per heavy atom. The normalized spacial score (nSPS) is 11.4. The van der Waals surface area contributed by atoms with Gasteiger partial charge in [0.2, 0.25) is 5.91 Å². The first-order valence-electron chi connectivity index (χ1n) is 7.98. The molecule has 0 aliphatic rings. The molecular weight excluding hydrogens is 320 g/mol. The van der Waals surface area contributed by atoms with Gasteiger partial charge in [-0.3, -0.25) is 4.79 Å². The second-order valence-electron chi connectivity index (χ2n) is 5.35. The molecule has 2 aromatic carbocycles. The lowest BCUT2D eigenvalue weighted by Gasteiger charge is -2.16. The monoisotopic (exact) mass is 342 g/mol. The minimum absolute atomic E-state index is 0.154. The number of hydrogen-bond acceptors (Lipinski definition) is 4. The van der Waals surface area contributed by atoms with Crippen LogP contribution in [0.2, 0.25) is 0 Å². The first-order chi connectivity index (χ1) is 12.2. The number of nitrogens with one attached hydrogen (secondary N) is 2. The van der Waals surface area contributed by atoms with E-state index in [4.69, 9.17) is 9.47 Å². The second-order valence-corrected chi connectivity index (χ2v) is 5.35. The Morgan fingerprint density at radius 2 is 1.60 bits per heavy atom. The fraction of sp³-hybridized carbons (Fsp3) is 0.263. The molecule has 0 spiro atoms. The molecule has 2 amide bonds. The number of benzene rings is 2. The molecule has 2 N–H and O–H groups in total. The summed E-state index contributed by atoms with van der Waals surface area (Å²) >= 11 is 0. The van der Waals surface area contributed by atoms with Gasteiger partial charge in [-0.2, -0.15) is 0 Å². The van der Waals surface area contributed by atoms with E-state index in [1.807, 2.05) is 60.7 Å². The number of amides is 2. The van der Waals surface area contributed by atoms with E-state index >= 15 is 0 Å². The van der Waals surface area contributed by atoms with Crippen molar-refractivity contribution >= 4 is 12.0 Å². The molecule has 6 heteroatoms. The third kappa shape index (κ3) is 6.64. The van der Waals surface area contributed by atoms with Crippen LogP contribution >= 0.6 is 0 Å². The molecule has 0 aliphatic carbocycles. The van der Waals surface area contributed by atoms with Gasteiger partial charge in [-0.15, -0.1) is 0 Å². The van der Waals surface area contributed by atoms with Gasteiger partial charge in [0, 0.05) is 13.7 Å². The van der Waals surface area contributed by atoms with E-state index in [2.05, 4.69) is 10.6 Å². The van der Waals surface area contributed by atoms with Crippen molar-refractivity contribution < 1.29 is 19.1 Å². The number of carbonyl (C=O) groups excluding carboxylic acids is 2. The molecular formula is C19H22N2O4. The maximum atomic E-state index is 11.8. The Kier molecular flexibility index (Phi) is 7.46. The van der Waals surface area contributed by atoms with Gasteiger partial charge in [-0.05, 0) is 11.1 Å². The van der Waals surface area contributed by atoms with Gasteiger partial charge in [0.15, 0.2) is 0 Å². The molecule has 0 heterocycles. The molecule has 0 saturated heterocycles. The van der Waals surface area contributed by atoms with Crippen LogP contribution in [0.25, 0.3) is 0 Å². The summed E-state index contributed by atoms with van der Waals surface area (Å²) in [6.07, 6.45) is -0.875. The molecule has 0 fully saturated rings. The fourth-order valence-electron chi connectivity index (χ4n) is 2.20. The zero-order chi connectivity index (χ0) is 17.9. The number of ether oxygens (including phenoxy) is 2. The van der Waals surface area contributed by atoms with Crippen molar-refractivity contribution in [1.29, 1.82) is 0 Å².